The molecule has 0 saturated carbocycles. The molecule has 0 aliphatic rings. The van der Waals surface area contributed by atoms with Crippen LogP contribution in [0.5, 0.6) is 0 Å². The molecular weight excluding hydrogens is 280 g/mol. The van der Waals surface area contributed by atoms with Gasteiger partial charge in [0, 0.05) is 16.6 Å². The number of aliphatic carboxylic acids is 1. The molecule has 0 heterocycles. The number of rotatable bonds is 4. The molecule has 0 radical (unpaired) electrons. The van der Waals surface area contributed by atoms with Gasteiger partial charge in [-0.1, -0.05) is 22.0 Å². The molecule has 0 aromatic heterocycles. The van der Waals surface area contributed by atoms with Gasteiger partial charge in [0.15, 0.2) is 0 Å². The second kappa shape index (κ2) is 5.04. The van der Waals surface area contributed by atoms with Gasteiger partial charge >= 0.3 is 5.97 Å². The summed E-state index contributed by atoms with van der Waals surface area (Å²) >= 11 is 3.14. The monoisotopic (exact) mass is 288 g/mol. The molecule has 86 valence electrons. The van der Waals surface area contributed by atoms with Gasteiger partial charge in [-0.15, -0.1) is 0 Å². The van der Waals surface area contributed by atoms with E-state index >= 15 is 0 Å². The van der Waals surface area contributed by atoms with Crippen molar-refractivity contribution in [2.75, 3.05) is 0 Å². The molecule has 0 saturated heterocycles. The van der Waals surface area contributed by atoms with Crippen LogP contribution in [-0.2, 0) is 11.2 Å². The molecule has 3 N–H and O–H groups in total. The number of hydrogen-bond donors (Lipinski definition) is 2. The van der Waals surface area contributed by atoms with Gasteiger partial charge in [-0.2, -0.15) is 0 Å². The number of hydrogen-bond acceptors (Lipinski definition) is 4. The van der Waals surface area contributed by atoms with Crippen molar-refractivity contribution in [1.82, 2.24) is 0 Å². The first kappa shape index (κ1) is 12.6. The van der Waals surface area contributed by atoms with Crippen molar-refractivity contribution in [2.24, 2.45) is 5.73 Å². The molecular formula is C9H9BrN2O4. The van der Waals surface area contributed by atoms with E-state index in [9.17, 15) is 14.9 Å². The zero-order valence-electron chi connectivity index (χ0n) is 8.09. The number of non-ortho nitro benzene ring substituents is 1. The van der Waals surface area contributed by atoms with Gasteiger partial charge in [0.05, 0.1) is 4.92 Å². The summed E-state index contributed by atoms with van der Waals surface area (Å²) in [5.74, 6) is -1.11. The van der Waals surface area contributed by atoms with Crippen molar-refractivity contribution in [3.8, 4) is 0 Å². The molecule has 0 fully saturated rings. The summed E-state index contributed by atoms with van der Waals surface area (Å²) in [4.78, 5) is 20.5. The van der Waals surface area contributed by atoms with E-state index in [1.807, 2.05) is 0 Å². The molecule has 1 atom stereocenters. The smallest absolute Gasteiger partial charge is 0.320 e. The molecule has 7 heteroatoms. The third kappa shape index (κ3) is 3.01. The van der Waals surface area contributed by atoms with Crippen molar-refractivity contribution >= 4 is 27.6 Å². The summed E-state index contributed by atoms with van der Waals surface area (Å²) < 4.78 is 0.485. The maximum atomic E-state index is 10.5. The molecule has 0 amide bonds. The lowest BCUT2D eigenvalue weighted by atomic mass is 10.1. The van der Waals surface area contributed by atoms with Crippen LogP contribution in [0.1, 0.15) is 5.56 Å². The lowest BCUT2D eigenvalue weighted by Crippen LogP contribution is -2.32. The highest BCUT2D eigenvalue weighted by molar-refractivity contribution is 9.10. The summed E-state index contributed by atoms with van der Waals surface area (Å²) in [5, 5.41) is 19.1. The van der Waals surface area contributed by atoms with Crippen LogP contribution >= 0.6 is 15.9 Å². The van der Waals surface area contributed by atoms with E-state index in [1.54, 1.807) is 0 Å². The highest BCUT2D eigenvalue weighted by atomic mass is 79.9. The minimum absolute atomic E-state index is 0.0560. The number of carbonyl (C=O) groups is 1. The van der Waals surface area contributed by atoms with Gasteiger partial charge in [0.2, 0.25) is 0 Å². The molecule has 0 spiro atoms. The van der Waals surface area contributed by atoms with E-state index in [2.05, 4.69) is 15.9 Å². The van der Waals surface area contributed by atoms with Crippen LogP contribution in [0.25, 0.3) is 0 Å². The minimum atomic E-state index is -1.11. The molecule has 1 unspecified atom stereocenters. The first-order valence-corrected chi connectivity index (χ1v) is 5.12. The van der Waals surface area contributed by atoms with Crippen molar-refractivity contribution in [3.05, 3.63) is 38.3 Å². The molecule has 1 rings (SSSR count). The van der Waals surface area contributed by atoms with E-state index in [0.717, 1.165) is 0 Å². The molecule has 6 nitrogen and oxygen atoms in total. The van der Waals surface area contributed by atoms with E-state index in [-0.39, 0.29) is 12.1 Å². The van der Waals surface area contributed by atoms with E-state index < -0.39 is 16.9 Å². The fraction of sp³-hybridized carbons (Fsp3) is 0.222. The van der Waals surface area contributed by atoms with Gasteiger partial charge in [0.25, 0.3) is 5.69 Å². The molecule has 0 aliphatic heterocycles. The summed E-state index contributed by atoms with van der Waals surface area (Å²) in [6.07, 6.45) is 0.119. The van der Waals surface area contributed by atoms with Gasteiger partial charge in [-0.25, -0.2) is 0 Å². The number of carboxylic acids is 1. The zero-order chi connectivity index (χ0) is 12.3. The van der Waals surface area contributed by atoms with Crippen molar-refractivity contribution in [1.29, 1.82) is 0 Å². The molecule has 1 aromatic rings. The maximum Gasteiger partial charge on any atom is 0.320 e. The van der Waals surface area contributed by atoms with Crippen molar-refractivity contribution in [2.45, 2.75) is 12.5 Å². The largest absolute Gasteiger partial charge is 0.480 e. The van der Waals surface area contributed by atoms with Gasteiger partial charge < -0.3 is 10.8 Å². The van der Waals surface area contributed by atoms with Gasteiger partial charge in [-0.05, 0) is 12.0 Å². The predicted molar refractivity (Wildman–Crippen MR) is 60.1 cm³/mol. The Morgan fingerprint density at radius 2 is 2.25 bits per heavy atom. The van der Waals surface area contributed by atoms with Gasteiger partial charge in [-0.3, -0.25) is 14.9 Å². The van der Waals surface area contributed by atoms with Crippen LogP contribution in [-0.4, -0.2) is 22.0 Å². The fourth-order valence-electron chi connectivity index (χ4n) is 1.14. The summed E-state index contributed by atoms with van der Waals surface area (Å²) in [6.45, 7) is 0. The Hall–Kier alpha value is -1.47. The van der Waals surface area contributed by atoms with E-state index in [1.165, 1.54) is 18.2 Å². The number of nitrogens with zero attached hydrogens (tertiary/aromatic N) is 1. The molecule has 16 heavy (non-hydrogen) atoms. The van der Waals surface area contributed by atoms with Crippen LogP contribution < -0.4 is 5.73 Å². The second-order valence-electron chi connectivity index (χ2n) is 3.18. The summed E-state index contributed by atoms with van der Waals surface area (Å²) in [7, 11) is 0. The van der Waals surface area contributed by atoms with Crippen LogP contribution in [0.3, 0.4) is 0 Å². The third-order valence-electron chi connectivity index (χ3n) is 2.00. The number of nitro benzene ring substituents is 1. The Labute approximate surface area is 99.3 Å². The summed E-state index contributed by atoms with van der Waals surface area (Å²) in [6, 6.07) is 3.11. The standard InChI is InChI=1S/C9H9BrN2O4/c10-7-4-6(12(15)16)2-1-5(7)3-8(11)9(13)14/h1-2,4,8H,3,11H2,(H,13,14). The Bertz CT molecular complexity index is 436. The van der Waals surface area contributed by atoms with Crippen LogP contribution in [0.15, 0.2) is 22.7 Å². The normalized spacial score (nSPS) is 12.1. The number of carboxylic acid groups (broad SMARTS) is 1. The summed E-state index contributed by atoms with van der Waals surface area (Å²) in [5.41, 5.74) is 5.93. The minimum Gasteiger partial charge on any atom is -0.480 e. The van der Waals surface area contributed by atoms with Crippen molar-refractivity contribution in [3.63, 3.8) is 0 Å². The average molecular weight is 289 g/mol. The third-order valence-corrected chi connectivity index (χ3v) is 2.74. The highest BCUT2D eigenvalue weighted by Crippen LogP contribution is 2.23. The SMILES string of the molecule is NC(Cc1ccc([N+](=O)[O-])cc1Br)C(=O)O. The predicted octanol–water partition coefficient (Wildman–Crippen LogP) is 1.31. The Kier molecular flexibility index (Phi) is 3.97. The quantitative estimate of drug-likeness (QED) is 0.642. The Morgan fingerprint density at radius 3 is 2.69 bits per heavy atom. The fourth-order valence-corrected chi connectivity index (χ4v) is 1.67. The molecule has 0 aliphatic carbocycles. The Balaban J connectivity index is 2.91. The van der Waals surface area contributed by atoms with Crippen molar-refractivity contribution < 1.29 is 14.8 Å². The number of nitrogens with two attached hydrogens (primary N) is 1. The lowest BCUT2D eigenvalue weighted by molar-refractivity contribution is -0.384. The van der Waals surface area contributed by atoms with Crippen LogP contribution in [0.4, 0.5) is 5.69 Å². The highest BCUT2D eigenvalue weighted by Gasteiger charge is 2.15. The van der Waals surface area contributed by atoms with Crippen LogP contribution in [0, 0.1) is 10.1 Å². The lowest BCUT2D eigenvalue weighted by Gasteiger charge is -2.07. The first-order valence-electron chi connectivity index (χ1n) is 4.33. The Morgan fingerprint density at radius 1 is 1.62 bits per heavy atom. The average Bonchev–Trinajstić information content (AvgIpc) is 2.20. The van der Waals surface area contributed by atoms with Crippen LogP contribution in [0.2, 0.25) is 0 Å². The molecule has 1 aromatic carbocycles. The maximum absolute atomic E-state index is 10.5. The number of halogens is 1. The van der Waals surface area contributed by atoms with Gasteiger partial charge in [0.1, 0.15) is 6.04 Å². The van der Waals surface area contributed by atoms with E-state index in [4.69, 9.17) is 10.8 Å². The number of nitro groups is 1. The molecule has 0 bridgehead atoms. The van der Waals surface area contributed by atoms with E-state index in [0.29, 0.717) is 10.0 Å². The topological polar surface area (TPSA) is 106 Å². The zero-order valence-corrected chi connectivity index (χ0v) is 9.68. The second-order valence-corrected chi connectivity index (χ2v) is 4.04. The first-order chi connectivity index (χ1) is 7.41. The number of benzene rings is 1.